The van der Waals surface area contributed by atoms with Crippen molar-refractivity contribution in [1.29, 1.82) is 0 Å². The van der Waals surface area contributed by atoms with Crippen LogP contribution >= 0.6 is 0 Å². The molecule has 30 heavy (non-hydrogen) atoms. The summed E-state index contributed by atoms with van der Waals surface area (Å²) >= 11 is 0. The van der Waals surface area contributed by atoms with Crippen LogP contribution in [0.1, 0.15) is 59.1 Å². The van der Waals surface area contributed by atoms with E-state index >= 15 is 0 Å². The molecule has 0 amide bonds. The number of nitrogens with one attached hydrogen (secondary N) is 1. The molecule has 1 rings (SSSR count). The van der Waals surface area contributed by atoms with Crippen LogP contribution in [0, 0.1) is 0 Å². The number of allylic oxidation sites excluding steroid dienone is 2. The molecule has 0 aliphatic carbocycles. The van der Waals surface area contributed by atoms with E-state index in [1.54, 1.807) is 7.11 Å². The zero-order valence-corrected chi connectivity index (χ0v) is 18.6. The Morgan fingerprint density at radius 3 is 2.50 bits per heavy atom. The lowest BCUT2D eigenvalue weighted by atomic mass is 10.1. The number of unbranched alkanes of at least 4 members (excludes halogenated alkanes) is 1. The molecule has 1 N–H and O–H groups in total. The summed E-state index contributed by atoms with van der Waals surface area (Å²) < 4.78 is 17.1. The lowest BCUT2D eigenvalue weighted by Gasteiger charge is -2.16. The first kappa shape index (κ1) is 27.3. The topological polar surface area (TPSA) is 52.1 Å². The minimum absolute atomic E-state index is 0. The average molecular weight is 417 g/mol. The number of hydrogen-bond acceptors (Lipinski definition) is 4. The number of nitrogens with zero attached hydrogens (tertiary/aromatic N) is 1. The van der Waals surface area contributed by atoms with E-state index in [0.29, 0.717) is 30.6 Å². The summed E-state index contributed by atoms with van der Waals surface area (Å²) in [6.45, 7) is 17.5. The summed E-state index contributed by atoms with van der Waals surface area (Å²) in [6.07, 6.45) is 4.90. The van der Waals surface area contributed by atoms with Crippen LogP contribution in [0.15, 0.2) is 53.9 Å². The molecule has 1 aromatic carbocycles. The number of rotatable bonds is 13. The molecular weight excluding hydrogens is 376 g/mol. The Balaban J connectivity index is 0.00000841. The second kappa shape index (κ2) is 15.2. The SMILES string of the molecule is C.C=C(C)NC(=NCCCC)/C(=C\C)OCCOc1ccc(C(=C)OC)cc1CC. The maximum absolute atomic E-state index is 5.95. The minimum atomic E-state index is 0. The molecule has 5 nitrogen and oxygen atoms in total. The van der Waals surface area contributed by atoms with Gasteiger partial charge in [-0.1, -0.05) is 40.9 Å². The van der Waals surface area contributed by atoms with Crippen LogP contribution in [-0.2, 0) is 15.9 Å². The third-order valence-corrected chi connectivity index (χ3v) is 4.22. The molecule has 0 radical (unpaired) electrons. The highest BCUT2D eigenvalue weighted by Crippen LogP contribution is 2.24. The van der Waals surface area contributed by atoms with Crippen LogP contribution in [-0.4, -0.2) is 32.7 Å². The fraction of sp³-hybridized carbons (Fsp3) is 0.480. The number of benzene rings is 1. The number of amidine groups is 1. The summed E-state index contributed by atoms with van der Waals surface area (Å²) in [5, 5.41) is 3.19. The molecule has 0 aliphatic rings. The summed E-state index contributed by atoms with van der Waals surface area (Å²) in [7, 11) is 1.62. The van der Waals surface area contributed by atoms with E-state index in [4.69, 9.17) is 14.2 Å². The predicted octanol–water partition coefficient (Wildman–Crippen LogP) is 6.12. The highest BCUT2D eigenvalue weighted by Gasteiger charge is 2.09. The van der Waals surface area contributed by atoms with E-state index in [-0.39, 0.29) is 7.43 Å². The molecule has 0 bridgehead atoms. The molecule has 0 unspecified atom stereocenters. The largest absolute Gasteiger partial charge is 0.497 e. The first-order valence-corrected chi connectivity index (χ1v) is 10.2. The first-order chi connectivity index (χ1) is 14.0. The van der Waals surface area contributed by atoms with E-state index in [1.807, 2.05) is 32.1 Å². The van der Waals surface area contributed by atoms with Crippen molar-refractivity contribution in [3.63, 3.8) is 0 Å². The smallest absolute Gasteiger partial charge is 0.168 e. The van der Waals surface area contributed by atoms with E-state index in [0.717, 1.165) is 48.4 Å². The number of hydrogen-bond donors (Lipinski definition) is 1. The summed E-state index contributed by atoms with van der Waals surface area (Å²) in [4.78, 5) is 4.61. The van der Waals surface area contributed by atoms with E-state index < -0.39 is 0 Å². The quantitative estimate of drug-likeness (QED) is 0.182. The van der Waals surface area contributed by atoms with Crippen LogP contribution in [0.5, 0.6) is 5.75 Å². The molecule has 5 heteroatoms. The summed E-state index contributed by atoms with van der Waals surface area (Å²) in [6, 6.07) is 5.96. The highest BCUT2D eigenvalue weighted by atomic mass is 16.5. The van der Waals surface area contributed by atoms with Crippen molar-refractivity contribution in [2.45, 2.75) is 54.4 Å². The number of methoxy groups -OCH3 is 1. The molecule has 1 aromatic rings. The van der Waals surface area contributed by atoms with Gasteiger partial charge in [-0.25, -0.2) is 0 Å². The van der Waals surface area contributed by atoms with Crippen molar-refractivity contribution in [1.82, 2.24) is 5.32 Å². The molecule has 0 aromatic heterocycles. The van der Waals surface area contributed by atoms with Gasteiger partial charge in [-0.15, -0.1) is 0 Å². The monoisotopic (exact) mass is 416 g/mol. The fourth-order valence-corrected chi connectivity index (χ4v) is 2.61. The lowest BCUT2D eigenvalue weighted by molar-refractivity contribution is 0.166. The molecule has 0 heterocycles. The fourth-order valence-electron chi connectivity index (χ4n) is 2.61. The van der Waals surface area contributed by atoms with Crippen molar-refractivity contribution in [3.8, 4) is 5.75 Å². The minimum Gasteiger partial charge on any atom is -0.497 e. The van der Waals surface area contributed by atoms with Crippen molar-refractivity contribution < 1.29 is 14.2 Å². The second-order valence-electron chi connectivity index (χ2n) is 6.64. The average Bonchev–Trinajstić information content (AvgIpc) is 2.72. The molecule has 0 saturated heterocycles. The Hall–Kier alpha value is -2.69. The van der Waals surface area contributed by atoms with Gasteiger partial charge in [-0.3, -0.25) is 4.99 Å². The lowest BCUT2D eigenvalue weighted by Crippen LogP contribution is -2.26. The molecule has 0 aliphatic heterocycles. The van der Waals surface area contributed by atoms with Gasteiger partial charge < -0.3 is 19.5 Å². The third kappa shape index (κ3) is 9.21. The van der Waals surface area contributed by atoms with Gasteiger partial charge in [0.25, 0.3) is 0 Å². The Morgan fingerprint density at radius 2 is 1.93 bits per heavy atom. The first-order valence-electron chi connectivity index (χ1n) is 10.2. The van der Waals surface area contributed by atoms with Crippen LogP contribution < -0.4 is 10.1 Å². The van der Waals surface area contributed by atoms with Gasteiger partial charge in [-0.05, 0) is 56.5 Å². The molecule has 0 saturated carbocycles. The number of aliphatic imine (C=N–C) groups is 1. The third-order valence-electron chi connectivity index (χ3n) is 4.22. The van der Waals surface area contributed by atoms with Gasteiger partial charge in [0.15, 0.2) is 11.6 Å². The van der Waals surface area contributed by atoms with Crippen LogP contribution in [0.4, 0.5) is 0 Å². The Morgan fingerprint density at radius 1 is 1.20 bits per heavy atom. The summed E-state index contributed by atoms with van der Waals surface area (Å²) in [5.74, 6) is 2.91. The van der Waals surface area contributed by atoms with Crippen LogP contribution in [0.3, 0.4) is 0 Å². The maximum atomic E-state index is 5.95. The van der Waals surface area contributed by atoms with Crippen molar-refractivity contribution in [2.75, 3.05) is 26.9 Å². The predicted molar refractivity (Wildman–Crippen MR) is 129 cm³/mol. The molecule has 0 spiro atoms. The Bertz CT molecular complexity index is 736. The maximum Gasteiger partial charge on any atom is 0.168 e. The van der Waals surface area contributed by atoms with Gasteiger partial charge in [-0.2, -0.15) is 0 Å². The highest BCUT2D eigenvalue weighted by molar-refractivity contribution is 5.97. The second-order valence-corrected chi connectivity index (χ2v) is 6.64. The molecule has 0 fully saturated rings. The van der Waals surface area contributed by atoms with E-state index in [9.17, 15) is 0 Å². The van der Waals surface area contributed by atoms with E-state index in [2.05, 4.69) is 43.4 Å². The van der Waals surface area contributed by atoms with Crippen molar-refractivity contribution >= 4 is 11.6 Å². The molecule has 168 valence electrons. The Kier molecular flexibility index (Phi) is 13.8. The number of aryl methyl sites for hydroxylation is 1. The zero-order valence-electron chi connectivity index (χ0n) is 18.6. The number of ether oxygens (including phenoxy) is 3. The zero-order chi connectivity index (χ0) is 21.6. The van der Waals surface area contributed by atoms with E-state index in [1.165, 1.54) is 0 Å². The van der Waals surface area contributed by atoms with Crippen molar-refractivity contribution in [2.24, 2.45) is 4.99 Å². The van der Waals surface area contributed by atoms with Gasteiger partial charge >= 0.3 is 0 Å². The normalized spacial score (nSPS) is 11.4. The van der Waals surface area contributed by atoms with Gasteiger partial charge in [0.05, 0.1) is 7.11 Å². The van der Waals surface area contributed by atoms with Gasteiger partial charge in [0.1, 0.15) is 24.7 Å². The standard InChI is InChI=1S/C24H36N2O3.CH4/c1-8-11-14-25-24(26-18(4)5)22(10-3)28-15-16-29-23-13-12-21(19(6)27-7)17-20(23)9-2;/h10,12-13,17H,4,6,8-9,11,14-16H2,1-3,5,7H3,(H,25,26);1H4/b22-10+;. The van der Waals surface area contributed by atoms with Gasteiger partial charge in [0.2, 0.25) is 0 Å². The summed E-state index contributed by atoms with van der Waals surface area (Å²) in [5.41, 5.74) is 2.89. The van der Waals surface area contributed by atoms with Gasteiger partial charge in [0, 0.05) is 17.8 Å². The van der Waals surface area contributed by atoms with Crippen LogP contribution in [0.2, 0.25) is 0 Å². The van der Waals surface area contributed by atoms with Crippen LogP contribution in [0.25, 0.3) is 5.76 Å². The molecular formula is C25H40N2O3. The molecule has 0 atom stereocenters. The Labute approximate surface area is 183 Å². The van der Waals surface area contributed by atoms with Crippen molar-refractivity contribution in [3.05, 3.63) is 60.0 Å².